The summed E-state index contributed by atoms with van der Waals surface area (Å²) in [7, 11) is 0. The van der Waals surface area contributed by atoms with Crippen LogP contribution in [0.5, 0.6) is 11.5 Å². The van der Waals surface area contributed by atoms with Crippen molar-refractivity contribution in [2.75, 3.05) is 19.8 Å². The van der Waals surface area contributed by atoms with E-state index in [1.54, 1.807) is 26.0 Å². The van der Waals surface area contributed by atoms with E-state index in [2.05, 4.69) is 44.5 Å². The third-order valence-electron chi connectivity index (χ3n) is 4.21. The summed E-state index contributed by atoms with van der Waals surface area (Å²) in [6, 6.07) is 3.78. The fraction of sp³-hybridized carbons (Fsp3) is 0.333. The number of hydrogen-bond donors (Lipinski definition) is 1. The first-order chi connectivity index (χ1) is 14.3. The number of nitrogens with two attached hydrogens (primary N) is 1. The van der Waals surface area contributed by atoms with E-state index in [0.717, 1.165) is 0 Å². The number of carbonyl (C=O) groups excluding carboxylic acids is 1. The third kappa shape index (κ3) is 4.65. The second-order valence-corrected chi connectivity index (χ2v) is 7.65. The fourth-order valence-corrected chi connectivity index (χ4v) is 4.08. The summed E-state index contributed by atoms with van der Waals surface area (Å²) in [6.07, 6.45) is 1.62. The zero-order chi connectivity index (χ0) is 22.4. The largest absolute Gasteiger partial charge is 0.490 e. The first kappa shape index (κ1) is 23.8. The minimum atomic E-state index is -0.818. The van der Waals surface area contributed by atoms with Crippen molar-refractivity contribution in [3.63, 3.8) is 0 Å². The Labute approximate surface area is 192 Å². The molecular weight excluding hydrogens is 520 g/mol. The smallest absolute Gasteiger partial charge is 0.338 e. The van der Waals surface area contributed by atoms with E-state index in [0.29, 0.717) is 32.6 Å². The van der Waals surface area contributed by atoms with E-state index in [4.69, 9.17) is 24.7 Å². The Morgan fingerprint density at radius 1 is 1.33 bits per heavy atom. The highest BCUT2D eigenvalue weighted by atomic mass is 79.9. The van der Waals surface area contributed by atoms with Gasteiger partial charge in [0, 0.05) is 4.47 Å². The van der Waals surface area contributed by atoms with Gasteiger partial charge < -0.3 is 24.7 Å². The van der Waals surface area contributed by atoms with Crippen LogP contribution in [-0.2, 0) is 14.3 Å². The molecule has 0 aliphatic carbocycles. The van der Waals surface area contributed by atoms with Crippen LogP contribution < -0.4 is 15.2 Å². The standard InChI is InChI=1S/C21H22Br2N2O5/c1-5-8-29-19-14(27-6-2)9-12(17(22)18(19)23)16-13(10-24)20(25)30-11(4)15(16)21(26)28-7-3/h5,9,16H,1,6-8,25H2,2-4H3. The maximum atomic E-state index is 12.7. The SMILES string of the molecule is C=CCOc1c(OCC)cc(C2C(C#N)=C(N)OC(C)=C2C(=O)OCC)c(Br)c1Br. The van der Waals surface area contributed by atoms with Crippen molar-refractivity contribution in [1.82, 2.24) is 0 Å². The fourth-order valence-electron chi connectivity index (χ4n) is 3.02. The maximum absolute atomic E-state index is 12.7. The molecule has 0 radical (unpaired) electrons. The minimum absolute atomic E-state index is 0.0685. The monoisotopic (exact) mass is 540 g/mol. The van der Waals surface area contributed by atoms with Gasteiger partial charge in [0.2, 0.25) is 5.88 Å². The summed E-state index contributed by atoms with van der Waals surface area (Å²) in [5, 5.41) is 9.78. The molecule has 1 aromatic carbocycles. The molecule has 160 valence electrons. The average Bonchev–Trinajstić information content (AvgIpc) is 2.70. The van der Waals surface area contributed by atoms with Gasteiger partial charge in [-0.3, -0.25) is 0 Å². The Kier molecular flexibility index (Phi) is 8.38. The van der Waals surface area contributed by atoms with Gasteiger partial charge >= 0.3 is 5.97 Å². The van der Waals surface area contributed by atoms with Gasteiger partial charge in [0.1, 0.15) is 24.0 Å². The molecule has 1 aliphatic rings. The number of benzene rings is 1. The highest BCUT2D eigenvalue weighted by Gasteiger charge is 2.38. The zero-order valence-corrected chi connectivity index (χ0v) is 20.1. The average molecular weight is 542 g/mol. The molecule has 1 heterocycles. The van der Waals surface area contributed by atoms with Gasteiger partial charge in [-0.15, -0.1) is 0 Å². The van der Waals surface area contributed by atoms with E-state index in [-0.39, 0.29) is 36.0 Å². The van der Waals surface area contributed by atoms with E-state index in [1.165, 1.54) is 0 Å². The van der Waals surface area contributed by atoms with Crippen molar-refractivity contribution in [3.05, 3.63) is 56.0 Å². The summed E-state index contributed by atoms with van der Waals surface area (Å²) in [5.41, 5.74) is 6.84. The van der Waals surface area contributed by atoms with Crippen molar-refractivity contribution < 1.29 is 23.7 Å². The van der Waals surface area contributed by atoms with Gasteiger partial charge in [0.25, 0.3) is 0 Å². The number of carbonyl (C=O) groups is 1. The van der Waals surface area contributed by atoms with Crippen LogP contribution in [0.15, 0.2) is 50.5 Å². The van der Waals surface area contributed by atoms with Gasteiger partial charge in [0.05, 0.1) is 29.2 Å². The van der Waals surface area contributed by atoms with Crippen LogP contribution in [0.25, 0.3) is 0 Å². The van der Waals surface area contributed by atoms with E-state index >= 15 is 0 Å². The van der Waals surface area contributed by atoms with Gasteiger partial charge in [0.15, 0.2) is 11.5 Å². The summed E-state index contributed by atoms with van der Waals surface area (Å²) >= 11 is 7.09. The normalized spacial score (nSPS) is 15.9. The maximum Gasteiger partial charge on any atom is 0.338 e. The van der Waals surface area contributed by atoms with Crippen LogP contribution in [0.2, 0.25) is 0 Å². The van der Waals surface area contributed by atoms with Crippen LogP contribution in [-0.4, -0.2) is 25.8 Å². The van der Waals surface area contributed by atoms with E-state index in [9.17, 15) is 10.1 Å². The van der Waals surface area contributed by atoms with Crippen molar-refractivity contribution >= 4 is 37.8 Å². The van der Waals surface area contributed by atoms with E-state index in [1.807, 2.05) is 6.92 Å². The first-order valence-electron chi connectivity index (χ1n) is 9.16. The molecule has 1 aromatic rings. The molecule has 1 aliphatic heterocycles. The molecule has 2 N–H and O–H groups in total. The predicted octanol–water partition coefficient (Wildman–Crippen LogP) is 4.82. The number of esters is 1. The second-order valence-electron chi connectivity index (χ2n) is 6.07. The zero-order valence-electron chi connectivity index (χ0n) is 16.9. The topological polar surface area (TPSA) is 104 Å². The number of nitriles is 1. The highest BCUT2D eigenvalue weighted by Crippen LogP contribution is 2.49. The number of ether oxygens (including phenoxy) is 4. The number of nitrogens with zero attached hydrogens (tertiary/aromatic N) is 1. The number of rotatable bonds is 8. The molecule has 2 rings (SSSR count). The van der Waals surface area contributed by atoms with Crippen LogP contribution in [0.1, 0.15) is 32.3 Å². The molecule has 0 saturated carbocycles. The Hall–Kier alpha value is -2.44. The van der Waals surface area contributed by atoms with Gasteiger partial charge in [-0.05, 0) is 64.3 Å². The van der Waals surface area contributed by atoms with Crippen LogP contribution in [0, 0.1) is 11.3 Å². The molecule has 30 heavy (non-hydrogen) atoms. The molecule has 0 bridgehead atoms. The lowest BCUT2D eigenvalue weighted by Gasteiger charge is -2.28. The molecule has 0 aromatic heterocycles. The molecule has 9 heteroatoms. The lowest BCUT2D eigenvalue weighted by molar-refractivity contribution is -0.139. The van der Waals surface area contributed by atoms with Crippen LogP contribution >= 0.6 is 31.9 Å². The molecule has 7 nitrogen and oxygen atoms in total. The van der Waals surface area contributed by atoms with Crippen molar-refractivity contribution in [2.45, 2.75) is 26.7 Å². The number of hydrogen-bond acceptors (Lipinski definition) is 7. The van der Waals surface area contributed by atoms with Gasteiger partial charge in [-0.25, -0.2) is 4.79 Å². The highest BCUT2D eigenvalue weighted by molar-refractivity contribution is 9.13. The Balaban J connectivity index is 2.78. The van der Waals surface area contributed by atoms with Crippen molar-refractivity contribution in [2.24, 2.45) is 5.73 Å². The molecule has 1 unspecified atom stereocenters. The number of halogens is 2. The molecular formula is C21H22Br2N2O5. The predicted molar refractivity (Wildman–Crippen MR) is 119 cm³/mol. The molecule has 0 amide bonds. The van der Waals surface area contributed by atoms with Crippen LogP contribution in [0.4, 0.5) is 0 Å². The van der Waals surface area contributed by atoms with Gasteiger partial charge in [-0.2, -0.15) is 5.26 Å². The third-order valence-corrected chi connectivity index (χ3v) is 6.36. The van der Waals surface area contributed by atoms with Crippen LogP contribution in [0.3, 0.4) is 0 Å². The molecule has 1 atom stereocenters. The van der Waals surface area contributed by atoms with Crippen molar-refractivity contribution in [3.8, 4) is 17.6 Å². The summed E-state index contributed by atoms with van der Waals surface area (Å²) in [4.78, 5) is 12.7. The lowest BCUT2D eigenvalue weighted by atomic mass is 9.83. The van der Waals surface area contributed by atoms with E-state index < -0.39 is 11.9 Å². The lowest BCUT2D eigenvalue weighted by Crippen LogP contribution is -2.26. The first-order valence-corrected chi connectivity index (χ1v) is 10.7. The minimum Gasteiger partial charge on any atom is -0.490 e. The number of allylic oxidation sites excluding steroid dienone is 2. The van der Waals surface area contributed by atoms with Gasteiger partial charge in [-0.1, -0.05) is 12.7 Å². The molecule has 0 fully saturated rings. The Bertz CT molecular complexity index is 963. The summed E-state index contributed by atoms with van der Waals surface area (Å²) < 4.78 is 23.3. The second kappa shape index (κ2) is 10.5. The van der Waals surface area contributed by atoms with Crippen molar-refractivity contribution in [1.29, 1.82) is 5.26 Å². The quantitative estimate of drug-likeness (QED) is 0.371. The summed E-state index contributed by atoms with van der Waals surface area (Å²) in [5.74, 6) is -0.306. The molecule has 0 saturated heterocycles. The Morgan fingerprint density at radius 2 is 2.03 bits per heavy atom. The molecule has 0 spiro atoms. The summed E-state index contributed by atoms with van der Waals surface area (Å²) in [6.45, 7) is 9.63. The Morgan fingerprint density at radius 3 is 2.60 bits per heavy atom.